The first-order valence-electron chi connectivity index (χ1n) is 7.02. The van der Waals surface area contributed by atoms with Crippen LogP contribution in [0.15, 0.2) is 0 Å². The molecule has 0 spiro atoms. The van der Waals surface area contributed by atoms with Crippen molar-refractivity contribution in [2.24, 2.45) is 11.8 Å². The van der Waals surface area contributed by atoms with E-state index in [2.05, 4.69) is 4.74 Å². The van der Waals surface area contributed by atoms with E-state index in [1.54, 1.807) is 0 Å². The summed E-state index contributed by atoms with van der Waals surface area (Å²) < 4.78 is 35.9. The van der Waals surface area contributed by atoms with E-state index in [0.29, 0.717) is 6.42 Å². The number of carbonyl (C=O) groups excluding carboxylic acids is 1. The van der Waals surface area contributed by atoms with Crippen molar-refractivity contribution in [2.45, 2.75) is 50.2 Å². The van der Waals surface area contributed by atoms with Crippen molar-refractivity contribution in [1.82, 2.24) is 0 Å². The van der Waals surface area contributed by atoms with Crippen LogP contribution in [0.1, 0.15) is 44.9 Å². The Morgan fingerprint density at radius 2 is 1.81 bits per heavy atom. The van der Waals surface area contributed by atoms with Crippen molar-refractivity contribution in [3.05, 3.63) is 0 Å². The van der Waals surface area contributed by atoms with Gasteiger partial charge < -0.3 is 9.84 Å². The van der Waals surface area contributed by atoms with Crippen molar-refractivity contribution < 1.29 is 32.4 Å². The van der Waals surface area contributed by atoms with Crippen LogP contribution >= 0.6 is 0 Å². The lowest BCUT2D eigenvalue weighted by Crippen LogP contribution is -2.35. The Hall–Kier alpha value is -1.15. The number of carboxylic acid groups (broad SMARTS) is 1. The molecule has 2 atom stereocenters. The van der Waals surface area contributed by atoms with E-state index in [1.165, 1.54) is 7.11 Å². The predicted molar refractivity (Wildman–Crippen MR) is 74.3 cm³/mol. The van der Waals surface area contributed by atoms with Crippen LogP contribution in [-0.2, 0) is 24.4 Å². The molecule has 21 heavy (non-hydrogen) atoms. The smallest absolute Gasteiger partial charge is 0.324 e. The van der Waals surface area contributed by atoms with Crippen molar-refractivity contribution in [3.63, 3.8) is 0 Å². The van der Waals surface area contributed by atoms with Gasteiger partial charge in [0.05, 0.1) is 13.0 Å². The third-order valence-corrected chi connectivity index (χ3v) is 5.12. The number of hydrogen-bond donors (Lipinski definition) is 2. The molecule has 0 saturated heterocycles. The first-order chi connectivity index (χ1) is 9.75. The van der Waals surface area contributed by atoms with Crippen LogP contribution < -0.4 is 0 Å². The maximum atomic E-state index is 11.8. The third kappa shape index (κ3) is 5.62. The highest BCUT2D eigenvalue weighted by molar-refractivity contribution is 7.87. The Bertz CT molecular complexity index is 465. The van der Waals surface area contributed by atoms with Crippen molar-refractivity contribution in [1.29, 1.82) is 0 Å². The molecule has 1 rings (SSSR count). The summed E-state index contributed by atoms with van der Waals surface area (Å²) in [6, 6.07) is 0. The highest BCUT2D eigenvalue weighted by Crippen LogP contribution is 2.31. The van der Waals surface area contributed by atoms with Gasteiger partial charge in [0, 0.05) is 0 Å². The van der Waals surface area contributed by atoms with Crippen LogP contribution in [0.25, 0.3) is 0 Å². The molecule has 0 aliphatic heterocycles. The Labute approximate surface area is 124 Å². The molecule has 0 amide bonds. The minimum Gasteiger partial charge on any atom is -0.480 e. The fourth-order valence-electron chi connectivity index (χ4n) is 2.89. The van der Waals surface area contributed by atoms with Crippen LogP contribution in [0, 0.1) is 11.8 Å². The lowest BCUT2D eigenvalue weighted by Gasteiger charge is -2.26. The second kappa shape index (κ2) is 7.74. The standard InChI is InChI=1S/C13H22O7S/c1-20-13(16)10(7-9-5-3-2-4-6-9)8-11(12(14)15)21(17,18)19/h9-11H,2-8H2,1H3,(H,14,15)(H,17,18,19)/t10?,11-/m0/s1. The average molecular weight is 322 g/mol. The van der Waals surface area contributed by atoms with Crippen molar-refractivity contribution >= 4 is 22.1 Å². The van der Waals surface area contributed by atoms with E-state index in [1.807, 2.05) is 0 Å². The molecule has 1 aliphatic rings. The van der Waals surface area contributed by atoms with Gasteiger partial charge in [0.1, 0.15) is 0 Å². The van der Waals surface area contributed by atoms with E-state index >= 15 is 0 Å². The minimum atomic E-state index is -4.75. The van der Waals surface area contributed by atoms with Crippen LogP contribution in [0.5, 0.6) is 0 Å². The molecule has 7 nitrogen and oxygen atoms in total. The Kier molecular flexibility index (Phi) is 6.60. The first-order valence-corrected chi connectivity index (χ1v) is 8.53. The maximum absolute atomic E-state index is 11.8. The molecular weight excluding hydrogens is 300 g/mol. The fraction of sp³-hybridized carbons (Fsp3) is 0.846. The number of carboxylic acids is 1. The summed E-state index contributed by atoms with van der Waals surface area (Å²) in [4.78, 5) is 22.8. The first kappa shape index (κ1) is 17.9. The van der Waals surface area contributed by atoms with Crippen LogP contribution in [0.3, 0.4) is 0 Å². The Balaban J connectivity index is 2.81. The molecule has 0 aromatic carbocycles. The van der Waals surface area contributed by atoms with Crippen LogP contribution in [0.2, 0.25) is 0 Å². The van der Waals surface area contributed by atoms with E-state index < -0.39 is 39.6 Å². The summed E-state index contributed by atoms with van der Waals surface area (Å²) in [7, 11) is -3.57. The molecule has 8 heteroatoms. The molecule has 0 aromatic heterocycles. The number of aliphatic carboxylic acids is 1. The highest BCUT2D eigenvalue weighted by atomic mass is 32.2. The largest absolute Gasteiger partial charge is 0.480 e. The molecule has 122 valence electrons. The highest BCUT2D eigenvalue weighted by Gasteiger charge is 2.37. The second-order valence-corrected chi connectivity index (χ2v) is 7.14. The molecule has 0 aromatic rings. The van der Waals surface area contributed by atoms with Gasteiger partial charge in [-0.15, -0.1) is 0 Å². The number of ether oxygens (including phenoxy) is 1. The van der Waals surface area contributed by atoms with Gasteiger partial charge in [0.25, 0.3) is 10.1 Å². The van der Waals surface area contributed by atoms with E-state index in [4.69, 9.17) is 9.66 Å². The molecule has 1 aliphatic carbocycles. The topological polar surface area (TPSA) is 118 Å². The summed E-state index contributed by atoms with van der Waals surface area (Å²) in [6.45, 7) is 0. The Morgan fingerprint density at radius 1 is 1.24 bits per heavy atom. The van der Waals surface area contributed by atoms with Gasteiger partial charge in [-0.3, -0.25) is 14.1 Å². The molecule has 1 unspecified atom stereocenters. The number of carbonyl (C=O) groups is 2. The van der Waals surface area contributed by atoms with Gasteiger partial charge in [0.2, 0.25) is 0 Å². The normalized spacial score (nSPS) is 19.7. The summed E-state index contributed by atoms with van der Waals surface area (Å²) in [5, 5.41) is 6.93. The molecular formula is C13H22O7S. The van der Waals surface area contributed by atoms with Crippen molar-refractivity contribution in [2.75, 3.05) is 7.11 Å². The molecule has 1 fully saturated rings. The second-order valence-electron chi connectivity index (χ2n) is 5.54. The van der Waals surface area contributed by atoms with Gasteiger partial charge in [-0.25, -0.2) is 0 Å². The summed E-state index contributed by atoms with van der Waals surface area (Å²) >= 11 is 0. The average Bonchev–Trinajstić information content (AvgIpc) is 2.41. The van der Waals surface area contributed by atoms with Gasteiger partial charge >= 0.3 is 11.9 Å². The van der Waals surface area contributed by atoms with Gasteiger partial charge in [-0.2, -0.15) is 8.42 Å². The molecule has 0 bridgehead atoms. The van der Waals surface area contributed by atoms with Gasteiger partial charge in [-0.05, 0) is 18.8 Å². The van der Waals surface area contributed by atoms with E-state index in [9.17, 15) is 18.0 Å². The third-order valence-electron chi connectivity index (χ3n) is 4.01. The molecule has 0 radical (unpaired) electrons. The zero-order valence-electron chi connectivity index (χ0n) is 12.0. The monoisotopic (exact) mass is 322 g/mol. The SMILES string of the molecule is COC(=O)C(CC1CCCCC1)C[C@@H](C(=O)O)S(=O)(=O)O. The zero-order chi connectivity index (χ0) is 16.0. The summed E-state index contributed by atoms with van der Waals surface area (Å²) in [6.07, 6.45) is 5.07. The maximum Gasteiger partial charge on any atom is 0.324 e. The summed E-state index contributed by atoms with van der Waals surface area (Å²) in [5.74, 6) is -2.86. The van der Waals surface area contributed by atoms with Gasteiger partial charge in [-0.1, -0.05) is 32.1 Å². The van der Waals surface area contributed by atoms with E-state index in [-0.39, 0.29) is 5.92 Å². The van der Waals surface area contributed by atoms with Gasteiger partial charge in [0.15, 0.2) is 5.25 Å². The lowest BCUT2D eigenvalue weighted by molar-refractivity contribution is -0.147. The number of rotatable bonds is 7. The number of esters is 1. The quantitative estimate of drug-likeness (QED) is 0.538. The summed E-state index contributed by atoms with van der Waals surface area (Å²) in [5.41, 5.74) is 0. The van der Waals surface area contributed by atoms with E-state index in [0.717, 1.165) is 32.1 Å². The zero-order valence-corrected chi connectivity index (χ0v) is 12.8. The van der Waals surface area contributed by atoms with Crippen molar-refractivity contribution in [3.8, 4) is 0 Å². The number of methoxy groups -OCH3 is 1. The lowest BCUT2D eigenvalue weighted by atomic mass is 9.81. The number of hydrogen-bond acceptors (Lipinski definition) is 5. The predicted octanol–water partition coefficient (Wildman–Crippen LogP) is 1.48. The molecule has 0 heterocycles. The molecule has 2 N–H and O–H groups in total. The Morgan fingerprint density at radius 3 is 2.24 bits per heavy atom. The molecule has 1 saturated carbocycles. The fourth-order valence-corrected chi connectivity index (χ4v) is 3.62. The van der Waals surface area contributed by atoms with Crippen LogP contribution in [-0.4, -0.2) is 42.4 Å². The van der Waals surface area contributed by atoms with Crippen LogP contribution in [0.4, 0.5) is 0 Å². The minimum absolute atomic E-state index is 0.263.